The summed E-state index contributed by atoms with van der Waals surface area (Å²) in [4.78, 5) is 62.4. The normalized spacial score (nSPS) is 15.6. The fourth-order valence-corrected chi connectivity index (χ4v) is 8.67. The molecule has 410 valence electrons. The summed E-state index contributed by atoms with van der Waals surface area (Å²) in [6.45, 7) is 12.4. The van der Waals surface area contributed by atoms with Gasteiger partial charge >= 0.3 is 23.6 Å². The van der Waals surface area contributed by atoms with Crippen molar-refractivity contribution in [1.82, 2.24) is 14.0 Å². The van der Waals surface area contributed by atoms with E-state index >= 15 is 0 Å². The Balaban J connectivity index is 0.00000112. The van der Waals surface area contributed by atoms with Crippen LogP contribution in [0.15, 0.2) is 21.9 Å². The van der Waals surface area contributed by atoms with Gasteiger partial charge in [-0.2, -0.15) is 0 Å². The molecular formula is C56H105N3O11. The quantitative estimate of drug-likeness (QED) is 0.0362. The number of ether oxygens (including phenoxy) is 4. The average molecular weight is 996 g/mol. The zero-order valence-corrected chi connectivity index (χ0v) is 45.9. The summed E-state index contributed by atoms with van der Waals surface area (Å²) in [5, 5.41) is 17.4. The van der Waals surface area contributed by atoms with Gasteiger partial charge in [0.05, 0.1) is 6.10 Å². The molecule has 0 aromatic carbocycles. The van der Waals surface area contributed by atoms with E-state index in [2.05, 4.69) is 41.5 Å². The topological polar surface area (TPSA) is 176 Å². The average Bonchev–Trinajstić information content (AvgIpc) is 3.80. The van der Waals surface area contributed by atoms with Crippen LogP contribution in [0.2, 0.25) is 0 Å². The Morgan fingerprint density at radius 3 is 1.29 bits per heavy atom. The number of aliphatic hydroxyl groups excluding tert-OH is 2. The summed E-state index contributed by atoms with van der Waals surface area (Å²) < 4.78 is 24.6. The number of hydrogen-bond acceptors (Lipinski definition) is 12. The summed E-state index contributed by atoms with van der Waals surface area (Å²) in [6.07, 6.45) is 36.4. The monoisotopic (exact) mass is 996 g/mol. The molecule has 5 atom stereocenters. The third-order valence-electron chi connectivity index (χ3n) is 12.8. The van der Waals surface area contributed by atoms with Crippen LogP contribution in [0.5, 0.6) is 0 Å². The van der Waals surface area contributed by atoms with Gasteiger partial charge in [-0.1, -0.05) is 176 Å². The maximum absolute atomic E-state index is 13.0. The van der Waals surface area contributed by atoms with Crippen molar-refractivity contribution in [3.8, 4) is 0 Å². The summed E-state index contributed by atoms with van der Waals surface area (Å²) in [6, 6.07) is 1.32. The number of likely N-dealkylation sites (N-methyl/N-ethyl adjacent to an activating group) is 1. The third-order valence-corrected chi connectivity index (χ3v) is 12.8. The van der Waals surface area contributed by atoms with Gasteiger partial charge in [-0.15, -0.1) is 0 Å². The molecule has 1 aliphatic heterocycles. The molecule has 2 N–H and O–H groups in total. The predicted molar refractivity (Wildman–Crippen MR) is 283 cm³/mol. The molecular weight excluding hydrogens is 891 g/mol. The van der Waals surface area contributed by atoms with E-state index in [9.17, 15) is 24.0 Å². The van der Waals surface area contributed by atoms with Crippen molar-refractivity contribution in [3.05, 3.63) is 33.1 Å². The number of hydrogen-bond donors (Lipinski definition) is 2. The fraction of sp³-hybridized carbons (Fsp3) is 0.875. The standard InChI is InChI=1S/C26H45N3O5.2C15H30O3/c1-5-7-9-10-11-12-14-21(13-8-6-2)34-25(31)20-29-23(30)17-18-28(26(29)32)24-16-15-22(33-24)19-27(3)4;2*1-3-5-7-8-9-10-12-14(11-6-4-2)18-15(17)13-16/h17-18,21-22,24H,5-16,19-20H2,1-4H3;2*14,16H,3-13H2,1-2H3. The Morgan fingerprint density at radius 2 is 0.914 bits per heavy atom. The van der Waals surface area contributed by atoms with Crippen molar-refractivity contribution < 1.29 is 43.5 Å². The maximum atomic E-state index is 13.0. The minimum atomic E-state index is -0.527. The number of rotatable bonds is 40. The van der Waals surface area contributed by atoms with E-state index in [-0.39, 0.29) is 31.0 Å². The first-order chi connectivity index (χ1) is 33.8. The lowest BCUT2D eigenvalue weighted by Crippen LogP contribution is -2.42. The van der Waals surface area contributed by atoms with Gasteiger partial charge in [0.1, 0.15) is 44.3 Å². The Hall–Kier alpha value is -3.07. The van der Waals surface area contributed by atoms with E-state index in [1.54, 1.807) is 0 Å². The fourth-order valence-electron chi connectivity index (χ4n) is 8.67. The van der Waals surface area contributed by atoms with E-state index in [1.807, 2.05) is 19.0 Å². The summed E-state index contributed by atoms with van der Waals surface area (Å²) in [7, 11) is 3.96. The van der Waals surface area contributed by atoms with Crippen LogP contribution in [0.3, 0.4) is 0 Å². The van der Waals surface area contributed by atoms with Gasteiger partial charge in [0.15, 0.2) is 0 Å². The SMILES string of the molecule is CCCCCCCCC(CCCC)OC(=O)CO.CCCCCCCCC(CCCC)OC(=O)CO.CCCCCCCCC(CCCC)OC(=O)Cn1c(=O)ccn(C2CCC(CN(C)C)O2)c1=O. The molecule has 0 radical (unpaired) electrons. The lowest BCUT2D eigenvalue weighted by Gasteiger charge is -2.20. The van der Waals surface area contributed by atoms with Crippen molar-refractivity contribution >= 4 is 17.9 Å². The molecule has 1 aliphatic rings. The first kappa shape index (κ1) is 66.9. The van der Waals surface area contributed by atoms with Crippen LogP contribution in [0.25, 0.3) is 0 Å². The van der Waals surface area contributed by atoms with E-state index in [4.69, 9.17) is 29.2 Å². The number of esters is 3. The second-order valence-corrected chi connectivity index (χ2v) is 19.7. The zero-order chi connectivity index (χ0) is 52.2. The van der Waals surface area contributed by atoms with Gasteiger partial charge in [-0.3, -0.25) is 14.2 Å². The number of aliphatic hydroxyl groups is 2. The molecule has 14 heteroatoms. The van der Waals surface area contributed by atoms with Crippen LogP contribution in [-0.4, -0.2) is 100 Å². The van der Waals surface area contributed by atoms with Gasteiger partial charge < -0.3 is 34.1 Å². The second-order valence-electron chi connectivity index (χ2n) is 19.7. The zero-order valence-electron chi connectivity index (χ0n) is 45.9. The predicted octanol–water partition coefficient (Wildman–Crippen LogP) is 11.8. The lowest BCUT2D eigenvalue weighted by molar-refractivity contribution is -0.154. The highest BCUT2D eigenvalue weighted by molar-refractivity contribution is 5.71. The smallest absolute Gasteiger partial charge is 0.333 e. The van der Waals surface area contributed by atoms with Gasteiger partial charge in [0, 0.05) is 18.8 Å². The number of unbranched alkanes of at least 4 members (excludes halogenated alkanes) is 18. The summed E-state index contributed by atoms with van der Waals surface area (Å²) >= 11 is 0. The van der Waals surface area contributed by atoms with Gasteiger partial charge in [-0.25, -0.2) is 19.0 Å². The van der Waals surface area contributed by atoms with Crippen LogP contribution in [0, 0.1) is 0 Å². The molecule has 70 heavy (non-hydrogen) atoms. The molecule has 2 rings (SSSR count). The highest BCUT2D eigenvalue weighted by Gasteiger charge is 2.28. The van der Waals surface area contributed by atoms with Gasteiger partial charge in [-0.05, 0) is 84.7 Å². The Bertz CT molecular complexity index is 1490. The Labute approximate surface area is 425 Å². The van der Waals surface area contributed by atoms with Crippen molar-refractivity contribution in [3.63, 3.8) is 0 Å². The Kier molecular flexibility index (Phi) is 43.8. The molecule has 1 fully saturated rings. The molecule has 1 aromatic heterocycles. The van der Waals surface area contributed by atoms with E-state index in [1.165, 1.54) is 107 Å². The second kappa shape index (κ2) is 45.8. The van der Waals surface area contributed by atoms with Crippen molar-refractivity contribution in [1.29, 1.82) is 0 Å². The minimum absolute atomic E-state index is 0.00998. The molecule has 14 nitrogen and oxygen atoms in total. The van der Waals surface area contributed by atoms with E-state index < -0.39 is 48.6 Å². The first-order valence-corrected chi connectivity index (χ1v) is 28.3. The molecule has 0 saturated carbocycles. The van der Waals surface area contributed by atoms with Crippen molar-refractivity contribution in [2.24, 2.45) is 0 Å². The first-order valence-electron chi connectivity index (χ1n) is 28.3. The number of nitrogens with zero attached hydrogens (tertiary/aromatic N) is 3. The number of carbonyl (C=O) groups is 3. The van der Waals surface area contributed by atoms with Crippen molar-refractivity contribution in [2.75, 3.05) is 33.9 Å². The van der Waals surface area contributed by atoms with E-state index in [0.717, 1.165) is 120 Å². The minimum Gasteiger partial charge on any atom is -0.461 e. The maximum Gasteiger partial charge on any atom is 0.333 e. The molecule has 0 spiro atoms. The summed E-state index contributed by atoms with van der Waals surface area (Å²) in [5.41, 5.74) is -1.02. The Morgan fingerprint density at radius 1 is 0.557 bits per heavy atom. The molecule has 0 aliphatic carbocycles. The molecule has 1 aromatic rings. The highest BCUT2D eigenvalue weighted by atomic mass is 16.6. The third kappa shape index (κ3) is 35.1. The molecule has 0 amide bonds. The molecule has 5 unspecified atom stereocenters. The van der Waals surface area contributed by atoms with Crippen molar-refractivity contribution in [2.45, 2.75) is 284 Å². The van der Waals surface area contributed by atoms with Crippen LogP contribution >= 0.6 is 0 Å². The summed E-state index contributed by atoms with van der Waals surface area (Å²) in [5.74, 6) is -1.49. The molecule has 2 heterocycles. The lowest BCUT2D eigenvalue weighted by atomic mass is 10.0. The van der Waals surface area contributed by atoms with Crippen LogP contribution in [0.4, 0.5) is 0 Å². The van der Waals surface area contributed by atoms with Crippen LogP contribution < -0.4 is 11.2 Å². The largest absolute Gasteiger partial charge is 0.461 e. The molecule has 1 saturated heterocycles. The van der Waals surface area contributed by atoms with Crippen LogP contribution in [0.1, 0.15) is 253 Å². The van der Waals surface area contributed by atoms with Crippen LogP contribution in [-0.2, 0) is 39.9 Å². The van der Waals surface area contributed by atoms with Gasteiger partial charge in [0.25, 0.3) is 5.56 Å². The van der Waals surface area contributed by atoms with Gasteiger partial charge in [0.2, 0.25) is 0 Å². The molecule has 0 bridgehead atoms. The number of carbonyl (C=O) groups excluding carboxylic acids is 3. The highest BCUT2D eigenvalue weighted by Crippen LogP contribution is 2.27. The van der Waals surface area contributed by atoms with E-state index in [0.29, 0.717) is 6.42 Å². The number of aromatic nitrogens is 2.